The van der Waals surface area contributed by atoms with Crippen LogP contribution in [0.15, 0.2) is 22.6 Å². The third kappa shape index (κ3) is 3.06. The molecule has 2 heterocycles. The fourth-order valence-corrected chi connectivity index (χ4v) is 2.52. The maximum atomic E-state index is 12.5. The van der Waals surface area contributed by atoms with Crippen LogP contribution < -0.4 is 4.90 Å². The molecule has 0 aliphatic heterocycles. The lowest BCUT2D eigenvalue weighted by molar-refractivity contribution is -0.141. The lowest BCUT2D eigenvalue weighted by Crippen LogP contribution is -2.27. The van der Waals surface area contributed by atoms with E-state index < -0.39 is 17.8 Å². The normalized spacial score (nSPS) is 14.4. The molecule has 0 unspecified atom stereocenters. The van der Waals surface area contributed by atoms with E-state index >= 15 is 0 Å². The van der Waals surface area contributed by atoms with Crippen LogP contribution in [0.25, 0.3) is 0 Å². The second-order valence-corrected chi connectivity index (χ2v) is 5.40. The molecule has 0 saturated heterocycles. The van der Waals surface area contributed by atoms with Crippen LogP contribution in [0.3, 0.4) is 0 Å². The van der Waals surface area contributed by atoms with Gasteiger partial charge in [0.15, 0.2) is 17.3 Å². The number of halogens is 3. The zero-order valence-corrected chi connectivity index (χ0v) is 12.4. The summed E-state index contributed by atoms with van der Waals surface area (Å²) in [6.45, 7) is 0. The number of carbonyl (C=O) groups excluding carboxylic acids is 1. The number of nitrogens with zero attached hydrogens (tertiary/aromatic N) is 3. The summed E-state index contributed by atoms with van der Waals surface area (Å²) in [7, 11) is 1.42. The van der Waals surface area contributed by atoms with Crippen LogP contribution in [-0.4, -0.2) is 23.2 Å². The monoisotopic (exact) mass is 325 g/mol. The highest BCUT2D eigenvalue weighted by molar-refractivity contribution is 6.03. The average molecular weight is 325 g/mol. The van der Waals surface area contributed by atoms with Gasteiger partial charge in [-0.3, -0.25) is 9.69 Å². The summed E-state index contributed by atoms with van der Waals surface area (Å²) in [5.74, 6) is 0.540. The van der Waals surface area contributed by atoms with E-state index in [1.54, 1.807) is 6.07 Å². The van der Waals surface area contributed by atoms with Crippen LogP contribution in [0.4, 0.5) is 19.0 Å². The van der Waals surface area contributed by atoms with Crippen molar-refractivity contribution in [2.24, 2.45) is 0 Å². The van der Waals surface area contributed by atoms with Crippen molar-refractivity contribution < 1.29 is 22.4 Å². The summed E-state index contributed by atoms with van der Waals surface area (Å²) in [6, 6.07) is 3.60. The Morgan fingerprint density at radius 3 is 2.57 bits per heavy atom. The summed E-state index contributed by atoms with van der Waals surface area (Å²) >= 11 is 0. The molecule has 1 amide bonds. The van der Waals surface area contributed by atoms with E-state index in [0.29, 0.717) is 0 Å². The minimum atomic E-state index is -4.56. The zero-order chi connectivity index (χ0) is 16.6. The maximum Gasteiger partial charge on any atom is 0.435 e. The van der Waals surface area contributed by atoms with Gasteiger partial charge in [0.2, 0.25) is 0 Å². The second kappa shape index (κ2) is 5.68. The van der Waals surface area contributed by atoms with Gasteiger partial charge in [-0.2, -0.15) is 13.2 Å². The molecule has 1 aliphatic carbocycles. The number of anilines is 1. The molecular weight excluding hydrogens is 311 g/mol. The Kier molecular flexibility index (Phi) is 3.83. The largest absolute Gasteiger partial charge is 0.456 e. The minimum Gasteiger partial charge on any atom is -0.456 e. The number of carbonyl (C=O) groups is 1. The van der Waals surface area contributed by atoms with Crippen LogP contribution in [-0.2, 0) is 19.0 Å². The van der Waals surface area contributed by atoms with Crippen LogP contribution >= 0.6 is 0 Å². The molecule has 0 spiro atoms. The van der Waals surface area contributed by atoms with Gasteiger partial charge in [0.05, 0.1) is 0 Å². The molecule has 2 aromatic rings. The number of furan rings is 1. The number of alkyl halides is 3. The van der Waals surface area contributed by atoms with E-state index in [0.717, 1.165) is 54.0 Å². The third-order valence-corrected chi connectivity index (χ3v) is 3.80. The summed E-state index contributed by atoms with van der Waals surface area (Å²) in [4.78, 5) is 13.5. The number of rotatable bonds is 2. The maximum absolute atomic E-state index is 12.5. The van der Waals surface area contributed by atoms with Crippen molar-refractivity contribution in [3.63, 3.8) is 0 Å². The second-order valence-electron chi connectivity index (χ2n) is 5.40. The lowest BCUT2D eigenvalue weighted by atomic mass is 9.99. The highest BCUT2D eigenvalue weighted by atomic mass is 19.4. The minimum absolute atomic E-state index is 0.0253. The molecular formula is C15H14F3N3O2. The SMILES string of the molecule is CN(C(=O)c1cc2c(o1)CCCC2)c1ccc(C(F)(F)F)nn1. The van der Waals surface area contributed by atoms with Gasteiger partial charge in [0.25, 0.3) is 5.91 Å². The molecule has 1 aliphatic rings. The van der Waals surface area contributed by atoms with Crippen LogP contribution in [0, 0.1) is 0 Å². The van der Waals surface area contributed by atoms with Gasteiger partial charge >= 0.3 is 6.18 Å². The van der Waals surface area contributed by atoms with E-state index in [-0.39, 0.29) is 11.6 Å². The number of aryl methyl sites for hydroxylation is 2. The fraction of sp³-hybridized carbons (Fsp3) is 0.400. The molecule has 0 radical (unpaired) electrons. The first-order valence-electron chi connectivity index (χ1n) is 7.17. The van der Waals surface area contributed by atoms with Crippen molar-refractivity contribution in [1.82, 2.24) is 10.2 Å². The van der Waals surface area contributed by atoms with Crippen molar-refractivity contribution in [2.45, 2.75) is 31.9 Å². The first kappa shape index (κ1) is 15.5. The molecule has 3 rings (SSSR count). The Morgan fingerprint density at radius 1 is 1.22 bits per heavy atom. The van der Waals surface area contributed by atoms with Crippen molar-refractivity contribution in [3.8, 4) is 0 Å². The molecule has 8 heteroatoms. The first-order chi connectivity index (χ1) is 10.9. The van der Waals surface area contributed by atoms with Gasteiger partial charge in [-0.1, -0.05) is 0 Å². The van der Waals surface area contributed by atoms with Crippen molar-refractivity contribution in [2.75, 3.05) is 11.9 Å². The lowest BCUT2D eigenvalue weighted by Gasteiger charge is -2.14. The predicted octanol–water partition coefficient (Wildman–Crippen LogP) is 3.24. The first-order valence-corrected chi connectivity index (χ1v) is 7.17. The molecule has 0 N–H and O–H groups in total. The smallest absolute Gasteiger partial charge is 0.435 e. The Labute approximate surface area is 130 Å². The number of fused-ring (bicyclic) bond motifs is 1. The van der Waals surface area contributed by atoms with E-state index in [2.05, 4.69) is 10.2 Å². The summed E-state index contributed by atoms with van der Waals surface area (Å²) in [5, 5.41) is 6.58. The predicted molar refractivity (Wildman–Crippen MR) is 75.1 cm³/mol. The molecule has 0 aromatic carbocycles. The quantitative estimate of drug-likeness (QED) is 0.850. The summed E-state index contributed by atoms with van der Waals surface area (Å²) in [6.07, 6.45) is -0.814. The number of hydrogen-bond acceptors (Lipinski definition) is 4. The van der Waals surface area contributed by atoms with Crippen molar-refractivity contribution in [1.29, 1.82) is 0 Å². The fourth-order valence-electron chi connectivity index (χ4n) is 2.52. The summed E-state index contributed by atoms with van der Waals surface area (Å²) in [5.41, 5.74) is -0.0814. The van der Waals surface area contributed by atoms with Crippen LogP contribution in [0.1, 0.15) is 40.4 Å². The van der Waals surface area contributed by atoms with E-state index in [1.165, 1.54) is 7.05 Å². The third-order valence-electron chi connectivity index (χ3n) is 3.80. The topological polar surface area (TPSA) is 59.2 Å². The Morgan fingerprint density at radius 2 is 1.96 bits per heavy atom. The van der Waals surface area contributed by atoms with Gasteiger partial charge in [0.1, 0.15) is 5.76 Å². The summed E-state index contributed by atoms with van der Waals surface area (Å²) < 4.78 is 43.0. The highest BCUT2D eigenvalue weighted by Crippen LogP contribution is 2.28. The van der Waals surface area contributed by atoms with Crippen LogP contribution in [0.5, 0.6) is 0 Å². The molecule has 0 saturated carbocycles. The standard InChI is InChI=1S/C15H14F3N3O2/c1-21(13-7-6-12(19-20-13)15(16,17)18)14(22)11-8-9-4-2-3-5-10(9)23-11/h6-8H,2-5H2,1H3. The van der Waals surface area contributed by atoms with Gasteiger partial charge in [-0.05, 0) is 43.0 Å². The molecule has 0 atom stereocenters. The molecule has 23 heavy (non-hydrogen) atoms. The van der Waals surface area contributed by atoms with E-state index in [1.807, 2.05) is 0 Å². The number of hydrogen-bond donors (Lipinski definition) is 0. The van der Waals surface area contributed by atoms with Gasteiger partial charge in [0, 0.05) is 13.5 Å². The molecule has 5 nitrogen and oxygen atoms in total. The van der Waals surface area contributed by atoms with Gasteiger partial charge in [-0.25, -0.2) is 0 Å². The molecule has 0 fully saturated rings. The zero-order valence-electron chi connectivity index (χ0n) is 12.4. The Balaban J connectivity index is 1.80. The van der Waals surface area contributed by atoms with Crippen LogP contribution in [0.2, 0.25) is 0 Å². The molecule has 2 aromatic heterocycles. The highest BCUT2D eigenvalue weighted by Gasteiger charge is 2.33. The van der Waals surface area contributed by atoms with Crippen molar-refractivity contribution >= 4 is 11.7 Å². The van der Waals surface area contributed by atoms with Crippen molar-refractivity contribution in [3.05, 3.63) is 41.0 Å². The average Bonchev–Trinajstić information content (AvgIpc) is 2.96. The van der Waals surface area contributed by atoms with Gasteiger partial charge < -0.3 is 4.42 Å². The van der Waals surface area contributed by atoms with Gasteiger partial charge in [-0.15, -0.1) is 10.2 Å². The van der Waals surface area contributed by atoms with E-state index in [9.17, 15) is 18.0 Å². The van der Waals surface area contributed by atoms with E-state index in [4.69, 9.17) is 4.42 Å². The molecule has 122 valence electrons. The number of aromatic nitrogens is 2. The Bertz CT molecular complexity index is 699. The Hall–Kier alpha value is -2.38. The number of amides is 1. The molecule has 0 bridgehead atoms.